The molecule has 1 saturated heterocycles. The van der Waals surface area contributed by atoms with Crippen LogP contribution in [-0.2, 0) is 6.42 Å². The molecule has 3 nitrogen and oxygen atoms in total. The molecular formula is C14H20N2O. The Morgan fingerprint density at radius 2 is 2.12 bits per heavy atom. The second kappa shape index (κ2) is 4.67. The van der Waals surface area contributed by atoms with Gasteiger partial charge >= 0.3 is 0 Å². The summed E-state index contributed by atoms with van der Waals surface area (Å²) in [5.41, 5.74) is 8.66. The van der Waals surface area contributed by atoms with Crippen LogP contribution in [0.1, 0.15) is 30.0 Å². The number of hydrogen-bond donors (Lipinski definition) is 1. The molecule has 0 aromatic heterocycles. The van der Waals surface area contributed by atoms with Crippen LogP contribution in [0.5, 0.6) is 5.75 Å². The maximum absolute atomic E-state index is 5.96. The molecule has 3 heteroatoms. The monoisotopic (exact) mass is 232 g/mol. The summed E-state index contributed by atoms with van der Waals surface area (Å²) in [6.07, 6.45) is 3.66. The van der Waals surface area contributed by atoms with Crippen LogP contribution in [-0.4, -0.2) is 31.1 Å². The highest BCUT2D eigenvalue weighted by Crippen LogP contribution is 2.31. The summed E-state index contributed by atoms with van der Waals surface area (Å²) in [7, 11) is 0. The average Bonchev–Trinajstić information content (AvgIpc) is 2.99. The normalized spacial score (nSPS) is 21.2. The molecule has 0 amide bonds. The molecule has 1 fully saturated rings. The second-order valence-corrected chi connectivity index (χ2v) is 4.96. The van der Waals surface area contributed by atoms with E-state index < -0.39 is 0 Å². The van der Waals surface area contributed by atoms with Crippen molar-refractivity contribution in [3.05, 3.63) is 29.3 Å². The van der Waals surface area contributed by atoms with E-state index in [1.54, 1.807) is 0 Å². The molecule has 2 heterocycles. The third-order valence-corrected chi connectivity index (χ3v) is 3.90. The van der Waals surface area contributed by atoms with E-state index in [9.17, 15) is 0 Å². The summed E-state index contributed by atoms with van der Waals surface area (Å²) in [4.78, 5) is 2.51. The van der Waals surface area contributed by atoms with E-state index in [2.05, 4.69) is 23.1 Å². The summed E-state index contributed by atoms with van der Waals surface area (Å²) < 4.78 is 5.55. The van der Waals surface area contributed by atoms with Crippen molar-refractivity contribution in [3.8, 4) is 5.75 Å². The number of nitrogens with two attached hydrogens (primary N) is 1. The number of benzene rings is 1. The number of likely N-dealkylation sites (tertiary alicyclic amines) is 1. The molecule has 0 spiro atoms. The van der Waals surface area contributed by atoms with E-state index in [-0.39, 0.29) is 0 Å². The Kier molecular flexibility index (Phi) is 3.04. The van der Waals surface area contributed by atoms with Gasteiger partial charge in [0.1, 0.15) is 5.75 Å². The first-order valence-electron chi connectivity index (χ1n) is 6.58. The second-order valence-electron chi connectivity index (χ2n) is 4.96. The van der Waals surface area contributed by atoms with Crippen molar-refractivity contribution in [2.75, 3.05) is 26.2 Å². The zero-order valence-electron chi connectivity index (χ0n) is 10.2. The first kappa shape index (κ1) is 11.1. The van der Waals surface area contributed by atoms with Crippen molar-refractivity contribution in [3.63, 3.8) is 0 Å². The molecule has 17 heavy (non-hydrogen) atoms. The van der Waals surface area contributed by atoms with E-state index in [4.69, 9.17) is 10.5 Å². The molecule has 0 bridgehead atoms. The van der Waals surface area contributed by atoms with Gasteiger partial charge in [-0.05, 0) is 43.1 Å². The van der Waals surface area contributed by atoms with E-state index in [0.717, 1.165) is 18.8 Å². The third-order valence-electron chi connectivity index (χ3n) is 3.90. The van der Waals surface area contributed by atoms with Crippen LogP contribution >= 0.6 is 0 Å². The van der Waals surface area contributed by atoms with Gasteiger partial charge < -0.3 is 10.5 Å². The summed E-state index contributed by atoms with van der Waals surface area (Å²) in [6, 6.07) is 6.97. The van der Waals surface area contributed by atoms with Gasteiger partial charge in [-0.3, -0.25) is 4.90 Å². The number of rotatable bonds is 3. The quantitative estimate of drug-likeness (QED) is 0.862. The Morgan fingerprint density at radius 1 is 1.29 bits per heavy atom. The predicted octanol–water partition coefficient (Wildman–Crippen LogP) is 1.72. The standard InChI is InChI=1S/C14H20N2O/c15-10-13(16-6-1-2-7-16)11-3-4-14-12(9-11)5-8-17-14/h3-4,9,13H,1-2,5-8,10,15H2/t13-/m1/s1. The van der Waals surface area contributed by atoms with Gasteiger partial charge in [0, 0.05) is 19.0 Å². The molecule has 0 unspecified atom stereocenters. The number of hydrogen-bond acceptors (Lipinski definition) is 3. The highest BCUT2D eigenvalue weighted by molar-refractivity contribution is 5.41. The minimum absolute atomic E-state index is 0.392. The molecule has 3 rings (SSSR count). The highest BCUT2D eigenvalue weighted by Gasteiger charge is 2.23. The lowest BCUT2D eigenvalue weighted by atomic mass is 10.0. The van der Waals surface area contributed by atoms with Crippen LogP contribution < -0.4 is 10.5 Å². The summed E-state index contributed by atoms with van der Waals surface area (Å²) in [6.45, 7) is 3.92. The van der Waals surface area contributed by atoms with Crippen molar-refractivity contribution in [2.24, 2.45) is 5.73 Å². The molecule has 2 N–H and O–H groups in total. The molecule has 0 saturated carbocycles. The molecule has 0 aliphatic carbocycles. The zero-order valence-corrected chi connectivity index (χ0v) is 10.2. The van der Waals surface area contributed by atoms with Gasteiger partial charge in [-0.25, -0.2) is 0 Å². The molecule has 1 aromatic carbocycles. The first-order valence-corrected chi connectivity index (χ1v) is 6.58. The minimum atomic E-state index is 0.392. The smallest absolute Gasteiger partial charge is 0.122 e. The SMILES string of the molecule is NC[C@H](c1ccc2c(c1)CCO2)N1CCCC1. The van der Waals surface area contributed by atoms with Crippen molar-refractivity contribution in [2.45, 2.75) is 25.3 Å². The van der Waals surface area contributed by atoms with Crippen LogP contribution in [0, 0.1) is 0 Å². The van der Waals surface area contributed by atoms with Crippen molar-refractivity contribution in [1.29, 1.82) is 0 Å². The van der Waals surface area contributed by atoms with E-state index >= 15 is 0 Å². The third kappa shape index (κ3) is 2.05. The lowest BCUT2D eigenvalue weighted by molar-refractivity contribution is 0.251. The van der Waals surface area contributed by atoms with Crippen LogP contribution in [0.4, 0.5) is 0 Å². The van der Waals surface area contributed by atoms with Gasteiger partial charge in [0.25, 0.3) is 0 Å². The molecule has 1 atom stereocenters. The lowest BCUT2D eigenvalue weighted by Gasteiger charge is -2.26. The minimum Gasteiger partial charge on any atom is -0.493 e. The summed E-state index contributed by atoms with van der Waals surface area (Å²) in [5.74, 6) is 1.06. The van der Waals surface area contributed by atoms with Gasteiger partial charge in [-0.2, -0.15) is 0 Å². The van der Waals surface area contributed by atoms with Gasteiger partial charge in [0.15, 0.2) is 0 Å². The van der Waals surface area contributed by atoms with Crippen molar-refractivity contribution < 1.29 is 4.74 Å². The Balaban J connectivity index is 1.85. The first-order chi connectivity index (χ1) is 8.38. The molecule has 2 aliphatic heterocycles. The number of ether oxygens (including phenoxy) is 1. The Hall–Kier alpha value is -1.06. The Bertz CT molecular complexity index is 399. The average molecular weight is 232 g/mol. The molecule has 1 aromatic rings. The fourth-order valence-corrected chi connectivity index (χ4v) is 2.96. The van der Waals surface area contributed by atoms with Gasteiger partial charge in [-0.15, -0.1) is 0 Å². The van der Waals surface area contributed by atoms with Crippen LogP contribution in [0.3, 0.4) is 0 Å². The van der Waals surface area contributed by atoms with Crippen molar-refractivity contribution >= 4 is 0 Å². The van der Waals surface area contributed by atoms with Gasteiger partial charge in [0.2, 0.25) is 0 Å². The van der Waals surface area contributed by atoms with Crippen LogP contribution in [0.25, 0.3) is 0 Å². The number of fused-ring (bicyclic) bond motifs is 1. The fraction of sp³-hybridized carbons (Fsp3) is 0.571. The van der Waals surface area contributed by atoms with Gasteiger partial charge in [0.05, 0.1) is 6.61 Å². The molecule has 2 aliphatic rings. The van der Waals surface area contributed by atoms with Gasteiger partial charge in [-0.1, -0.05) is 12.1 Å². The summed E-state index contributed by atoms with van der Waals surface area (Å²) in [5, 5.41) is 0. The molecule has 0 radical (unpaired) electrons. The summed E-state index contributed by atoms with van der Waals surface area (Å²) >= 11 is 0. The number of nitrogens with zero attached hydrogens (tertiary/aromatic N) is 1. The molecular weight excluding hydrogens is 212 g/mol. The fourth-order valence-electron chi connectivity index (χ4n) is 2.96. The highest BCUT2D eigenvalue weighted by atomic mass is 16.5. The van der Waals surface area contributed by atoms with E-state index in [1.165, 1.54) is 37.1 Å². The largest absolute Gasteiger partial charge is 0.493 e. The maximum Gasteiger partial charge on any atom is 0.122 e. The Labute approximate surface area is 103 Å². The topological polar surface area (TPSA) is 38.5 Å². The lowest BCUT2D eigenvalue weighted by Crippen LogP contribution is -2.31. The van der Waals surface area contributed by atoms with E-state index in [0.29, 0.717) is 12.6 Å². The molecule has 92 valence electrons. The van der Waals surface area contributed by atoms with Crippen LogP contribution in [0.15, 0.2) is 18.2 Å². The predicted molar refractivity (Wildman–Crippen MR) is 68.2 cm³/mol. The maximum atomic E-state index is 5.96. The van der Waals surface area contributed by atoms with Crippen molar-refractivity contribution in [1.82, 2.24) is 4.90 Å². The Morgan fingerprint density at radius 3 is 2.88 bits per heavy atom. The van der Waals surface area contributed by atoms with Crippen LogP contribution in [0.2, 0.25) is 0 Å². The van der Waals surface area contributed by atoms with E-state index in [1.807, 2.05) is 0 Å². The zero-order chi connectivity index (χ0) is 11.7.